The Morgan fingerprint density at radius 1 is 1.38 bits per heavy atom. The molecule has 0 spiro atoms. The molecule has 110 valence electrons. The minimum absolute atomic E-state index is 0.220. The third-order valence-electron chi connectivity index (χ3n) is 2.68. The molecule has 0 amide bonds. The fraction of sp³-hybridized carbons (Fsp3) is 0.267. The number of nitrogens with zero attached hydrogens (tertiary/aromatic N) is 3. The van der Waals surface area contributed by atoms with Crippen molar-refractivity contribution in [3.05, 3.63) is 43.0 Å². The van der Waals surface area contributed by atoms with Crippen LogP contribution < -0.4 is 0 Å². The summed E-state index contributed by atoms with van der Waals surface area (Å²) in [5.41, 5.74) is 0.981. The Balaban J connectivity index is 2.21. The van der Waals surface area contributed by atoms with E-state index in [1.54, 1.807) is 13.0 Å². The molecule has 0 bridgehead atoms. The Bertz CT molecular complexity index is 611. The number of benzene rings is 1. The summed E-state index contributed by atoms with van der Waals surface area (Å²) < 4.78 is 6.85. The summed E-state index contributed by atoms with van der Waals surface area (Å²) in [7, 11) is 0. The number of hydrogen-bond donors (Lipinski definition) is 0. The van der Waals surface area contributed by atoms with E-state index in [0.29, 0.717) is 18.3 Å². The molecule has 0 aliphatic heterocycles. The van der Waals surface area contributed by atoms with Gasteiger partial charge in [-0.2, -0.15) is 0 Å². The molecular formula is C15H17N3O2S. The second-order valence-corrected chi connectivity index (χ2v) is 5.11. The van der Waals surface area contributed by atoms with Gasteiger partial charge in [0.05, 0.1) is 12.4 Å². The van der Waals surface area contributed by atoms with Gasteiger partial charge in [-0.15, -0.1) is 16.8 Å². The number of ether oxygens (including phenoxy) is 1. The molecule has 0 unspecified atom stereocenters. The second-order valence-electron chi connectivity index (χ2n) is 4.17. The van der Waals surface area contributed by atoms with E-state index in [0.717, 1.165) is 11.4 Å². The molecule has 0 fully saturated rings. The molecule has 1 aromatic heterocycles. The topological polar surface area (TPSA) is 57.0 Å². The summed E-state index contributed by atoms with van der Waals surface area (Å²) in [6, 6.07) is 9.81. The number of hydrogen-bond acceptors (Lipinski definition) is 5. The Hall–Kier alpha value is -2.08. The molecule has 21 heavy (non-hydrogen) atoms. The highest BCUT2D eigenvalue weighted by molar-refractivity contribution is 7.99. The van der Waals surface area contributed by atoms with Gasteiger partial charge in [0.25, 0.3) is 0 Å². The van der Waals surface area contributed by atoms with E-state index in [2.05, 4.69) is 16.8 Å². The lowest BCUT2D eigenvalue weighted by Crippen LogP contribution is -2.08. The maximum Gasteiger partial charge on any atom is 0.316 e. The quantitative estimate of drug-likeness (QED) is 0.447. The van der Waals surface area contributed by atoms with Crippen LogP contribution in [-0.2, 0) is 16.1 Å². The minimum atomic E-state index is -0.253. The molecule has 0 saturated heterocycles. The molecule has 0 atom stereocenters. The van der Waals surface area contributed by atoms with Crippen molar-refractivity contribution in [3.63, 3.8) is 0 Å². The normalized spacial score (nSPS) is 10.3. The molecule has 0 radical (unpaired) electrons. The van der Waals surface area contributed by atoms with Crippen LogP contribution in [0.25, 0.3) is 11.4 Å². The molecule has 0 aliphatic rings. The van der Waals surface area contributed by atoms with Gasteiger partial charge in [0.2, 0.25) is 0 Å². The summed E-state index contributed by atoms with van der Waals surface area (Å²) in [5, 5.41) is 9.07. The zero-order chi connectivity index (χ0) is 15.1. The maximum absolute atomic E-state index is 11.4. The Morgan fingerprint density at radius 3 is 2.81 bits per heavy atom. The van der Waals surface area contributed by atoms with Crippen molar-refractivity contribution in [2.75, 3.05) is 12.4 Å². The van der Waals surface area contributed by atoms with Crippen LogP contribution in [0.2, 0.25) is 0 Å². The number of allylic oxidation sites excluding steroid dienone is 1. The number of rotatable bonds is 7. The summed E-state index contributed by atoms with van der Waals surface area (Å²) in [5.74, 6) is 0.733. The standard InChI is InChI=1S/C15H17N3O2S/c1-3-10-18-14(12-8-6-5-7-9-12)16-17-15(18)21-11-13(19)20-4-2/h3,5-9H,1,4,10-11H2,2H3. The SMILES string of the molecule is C=CCn1c(SCC(=O)OCC)nnc1-c1ccccc1. The van der Waals surface area contributed by atoms with Gasteiger partial charge in [0.1, 0.15) is 0 Å². The summed E-state index contributed by atoms with van der Waals surface area (Å²) in [6.07, 6.45) is 1.78. The van der Waals surface area contributed by atoms with E-state index in [1.165, 1.54) is 11.8 Å². The smallest absolute Gasteiger partial charge is 0.316 e. The predicted octanol–water partition coefficient (Wildman–Crippen LogP) is 2.79. The Kier molecular flexibility index (Phi) is 5.57. The van der Waals surface area contributed by atoms with Crippen LogP contribution in [0.4, 0.5) is 0 Å². The predicted molar refractivity (Wildman–Crippen MR) is 83.0 cm³/mol. The average molecular weight is 303 g/mol. The van der Waals surface area contributed by atoms with Gasteiger partial charge in [-0.25, -0.2) is 0 Å². The molecule has 1 aromatic carbocycles. The number of aromatic nitrogens is 3. The highest BCUT2D eigenvalue weighted by Crippen LogP contribution is 2.23. The molecule has 2 aromatic rings. The minimum Gasteiger partial charge on any atom is -0.465 e. The van der Waals surface area contributed by atoms with Crippen molar-refractivity contribution in [2.24, 2.45) is 0 Å². The summed E-state index contributed by atoms with van der Waals surface area (Å²) in [4.78, 5) is 11.4. The summed E-state index contributed by atoms with van der Waals surface area (Å²) >= 11 is 1.32. The van der Waals surface area contributed by atoms with Crippen LogP contribution in [0, 0.1) is 0 Å². The molecule has 6 heteroatoms. The van der Waals surface area contributed by atoms with E-state index in [1.807, 2.05) is 34.9 Å². The molecular weight excluding hydrogens is 286 g/mol. The van der Waals surface area contributed by atoms with Crippen molar-refractivity contribution in [2.45, 2.75) is 18.6 Å². The van der Waals surface area contributed by atoms with Crippen molar-refractivity contribution >= 4 is 17.7 Å². The Morgan fingerprint density at radius 2 is 2.14 bits per heavy atom. The molecule has 0 aliphatic carbocycles. The number of carbonyl (C=O) groups excluding carboxylic acids is 1. The van der Waals surface area contributed by atoms with Crippen molar-refractivity contribution < 1.29 is 9.53 Å². The van der Waals surface area contributed by atoms with Gasteiger partial charge in [0.15, 0.2) is 11.0 Å². The zero-order valence-corrected chi connectivity index (χ0v) is 12.7. The van der Waals surface area contributed by atoms with Gasteiger partial charge < -0.3 is 4.74 Å². The molecule has 1 heterocycles. The van der Waals surface area contributed by atoms with E-state index in [4.69, 9.17) is 4.74 Å². The Labute approximate surface area is 128 Å². The fourth-order valence-electron chi connectivity index (χ4n) is 1.82. The number of esters is 1. The first-order valence-electron chi connectivity index (χ1n) is 6.64. The molecule has 0 saturated carbocycles. The van der Waals surface area contributed by atoms with E-state index >= 15 is 0 Å². The van der Waals surface area contributed by atoms with Crippen molar-refractivity contribution in [1.82, 2.24) is 14.8 Å². The van der Waals surface area contributed by atoms with Crippen molar-refractivity contribution in [1.29, 1.82) is 0 Å². The highest BCUT2D eigenvalue weighted by atomic mass is 32.2. The first kappa shape index (κ1) is 15.3. The number of carbonyl (C=O) groups is 1. The average Bonchev–Trinajstić information content (AvgIpc) is 2.90. The van der Waals surface area contributed by atoms with Crippen LogP contribution in [0.5, 0.6) is 0 Å². The second kappa shape index (κ2) is 7.64. The van der Waals surface area contributed by atoms with Crippen LogP contribution in [0.3, 0.4) is 0 Å². The lowest BCUT2D eigenvalue weighted by Gasteiger charge is -2.07. The fourth-order valence-corrected chi connectivity index (χ4v) is 2.56. The van der Waals surface area contributed by atoms with Gasteiger partial charge in [-0.05, 0) is 6.92 Å². The van der Waals surface area contributed by atoms with Gasteiger partial charge >= 0.3 is 5.97 Å². The first-order valence-corrected chi connectivity index (χ1v) is 7.62. The first-order chi connectivity index (χ1) is 10.3. The molecule has 2 rings (SSSR count). The van der Waals surface area contributed by atoms with E-state index in [9.17, 15) is 4.79 Å². The van der Waals surface area contributed by atoms with Gasteiger partial charge in [0, 0.05) is 12.1 Å². The van der Waals surface area contributed by atoms with Gasteiger partial charge in [-0.1, -0.05) is 48.2 Å². The van der Waals surface area contributed by atoms with E-state index in [-0.39, 0.29) is 11.7 Å². The maximum atomic E-state index is 11.4. The molecule has 0 N–H and O–H groups in total. The molecule has 5 nitrogen and oxygen atoms in total. The lowest BCUT2D eigenvalue weighted by atomic mass is 10.2. The monoisotopic (exact) mass is 303 g/mol. The lowest BCUT2D eigenvalue weighted by molar-refractivity contribution is -0.139. The van der Waals surface area contributed by atoms with Crippen LogP contribution in [0.15, 0.2) is 48.1 Å². The largest absolute Gasteiger partial charge is 0.465 e. The zero-order valence-electron chi connectivity index (χ0n) is 11.9. The third kappa shape index (κ3) is 3.95. The van der Waals surface area contributed by atoms with Crippen LogP contribution in [-0.4, -0.2) is 33.1 Å². The van der Waals surface area contributed by atoms with Crippen molar-refractivity contribution in [3.8, 4) is 11.4 Å². The number of thioether (sulfide) groups is 1. The third-order valence-corrected chi connectivity index (χ3v) is 3.63. The van der Waals surface area contributed by atoms with Crippen LogP contribution in [0.1, 0.15) is 6.92 Å². The van der Waals surface area contributed by atoms with Gasteiger partial charge in [-0.3, -0.25) is 9.36 Å². The van der Waals surface area contributed by atoms with E-state index < -0.39 is 0 Å². The summed E-state index contributed by atoms with van der Waals surface area (Å²) in [6.45, 7) is 6.52. The van der Waals surface area contributed by atoms with Crippen LogP contribution >= 0.6 is 11.8 Å². The highest BCUT2D eigenvalue weighted by Gasteiger charge is 2.14.